The summed E-state index contributed by atoms with van der Waals surface area (Å²) in [4.78, 5) is 4.85. The van der Waals surface area contributed by atoms with Gasteiger partial charge in [-0.25, -0.2) is 4.98 Å². The van der Waals surface area contributed by atoms with Crippen LogP contribution in [0.1, 0.15) is 67.4 Å². The monoisotopic (exact) mass is 432 g/mol. The first-order valence-corrected chi connectivity index (χ1v) is 11.6. The smallest absolute Gasteiger partial charge is 0.0946 e. The molecule has 3 nitrogen and oxygen atoms in total. The summed E-state index contributed by atoms with van der Waals surface area (Å²) >= 11 is 0. The first-order valence-electron chi connectivity index (χ1n) is 11.6. The van der Waals surface area contributed by atoms with Crippen molar-refractivity contribution in [3.8, 4) is 11.3 Å². The molecule has 3 rings (SSSR count). The van der Waals surface area contributed by atoms with Crippen LogP contribution in [0.25, 0.3) is 22.2 Å². The molecule has 0 radical (unpaired) electrons. The van der Waals surface area contributed by atoms with Crippen molar-refractivity contribution in [1.82, 2.24) is 4.98 Å². The summed E-state index contributed by atoms with van der Waals surface area (Å²) in [6.45, 7) is 17.0. The average molecular weight is 433 g/mol. The first kappa shape index (κ1) is 27.1. The molecule has 32 heavy (non-hydrogen) atoms. The van der Waals surface area contributed by atoms with Gasteiger partial charge in [0.1, 0.15) is 0 Å². The van der Waals surface area contributed by atoms with Crippen molar-refractivity contribution < 1.29 is 4.74 Å². The van der Waals surface area contributed by atoms with Gasteiger partial charge in [0.15, 0.2) is 0 Å². The SMILES string of the molecule is CC.CCC(C)(C)c1ccccc1-c1ccc2ccccc2n1.CCO/C(C)=C\C(C)=N. The zero-order chi connectivity index (χ0) is 24.1. The summed E-state index contributed by atoms with van der Waals surface area (Å²) in [5.74, 6) is 0.810. The van der Waals surface area contributed by atoms with E-state index in [1.165, 1.54) is 16.5 Å². The Morgan fingerprint density at radius 1 is 0.938 bits per heavy atom. The number of fused-ring (bicyclic) bond motifs is 1. The molecule has 0 aliphatic rings. The lowest BCUT2D eigenvalue weighted by Crippen LogP contribution is -2.16. The molecule has 0 aliphatic carbocycles. The standard InChI is InChI=1S/C20H21N.C7H13NO.C2H6/c1-4-20(2,3)17-11-7-6-10-16(17)19-14-13-15-9-5-8-12-18(15)21-19;1-4-9-7(3)5-6(2)8;1-2/h5-14H,4H2,1-3H3;5,8H,4H2,1-3H3;1-2H3/b;7-5-,8-6?;. The molecule has 0 atom stereocenters. The molecule has 0 saturated heterocycles. The fourth-order valence-electron chi connectivity index (χ4n) is 3.28. The number of rotatable bonds is 6. The summed E-state index contributed by atoms with van der Waals surface area (Å²) in [7, 11) is 0. The summed E-state index contributed by atoms with van der Waals surface area (Å²) in [6, 6.07) is 21.2. The maximum absolute atomic E-state index is 7.05. The van der Waals surface area contributed by atoms with Crippen molar-refractivity contribution in [3.63, 3.8) is 0 Å². The van der Waals surface area contributed by atoms with E-state index in [0.717, 1.165) is 23.4 Å². The van der Waals surface area contributed by atoms with E-state index in [-0.39, 0.29) is 5.41 Å². The van der Waals surface area contributed by atoms with Crippen LogP contribution in [0, 0.1) is 5.41 Å². The number of para-hydroxylation sites is 1. The minimum absolute atomic E-state index is 0.157. The molecule has 1 aromatic heterocycles. The maximum Gasteiger partial charge on any atom is 0.0946 e. The van der Waals surface area contributed by atoms with Gasteiger partial charge in [-0.2, -0.15) is 0 Å². The van der Waals surface area contributed by atoms with Crippen molar-refractivity contribution in [1.29, 1.82) is 5.41 Å². The predicted octanol–water partition coefficient (Wildman–Crippen LogP) is 8.58. The highest BCUT2D eigenvalue weighted by Crippen LogP contribution is 2.34. The first-order chi connectivity index (χ1) is 15.3. The fraction of sp³-hybridized carbons (Fsp3) is 0.379. The number of nitrogens with zero attached hydrogens (tertiary/aromatic N) is 1. The van der Waals surface area contributed by atoms with Gasteiger partial charge in [0, 0.05) is 16.7 Å². The molecular formula is C29H40N2O. The van der Waals surface area contributed by atoms with Crippen LogP contribution < -0.4 is 0 Å². The summed E-state index contributed by atoms with van der Waals surface area (Å²) in [5.41, 5.74) is 5.42. The van der Waals surface area contributed by atoms with Crippen molar-refractivity contribution in [2.45, 2.75) is 67.2 Å². The number of ether oxygens (including phenoxy) is 1. The summed E-state index contributed by atoms with van der Waals surface area (Å²) in [6.07, 6.45) is 2.81. The highest BCUT2D eigenvalue weighted by Gasteiger charge is 2.22. The third-order valence-electron chi connectivity index (χ3n) is 5.21. The molecule has 1 N–H and O–H groups in total. The van der Waals surface area contributed by atoms with Crippen molar-refractivity contribution in [3.05, 3.63) is 78.1 Å². The number of benzene rings is 2. The van der Waals surface area contributed by atoms with E-state index in [9.17, 15) is 0 Å². The Morgan fingerprint density at radius 3 is 2.19 bits per heavy atom. The Kier molecular flexibility index (Phi) is 11.4. The van der Waals surface area contributed by atoms with Gasteiger partial charge in [0.25, 0.3) is 0 Å². The molecule has 0 fully saturated rings. The topological polar surface area (TPSA) is 46.0 Å². The zero-order valence-electron chi connectivity index (χ0n) is 21.1. The molecule has 0 spiro atoms. The van der Waals surface area contributed by atoms with Gasteiger partial charge in [-0.1, -0.05) is 83.1 Å². The Bertz CT molecular complexity index is 1020. The van der Waals surface area contributed by atoms with Crippen LogP contribution in [0.15, 0.2) is 72.5 Å². The second-order valence-corrected chi connectivity index (χ2v) is 8.04. The third kappa shape index (κ3) is 7.96. The van der Waals surface area contributed by atoms with Gasteiger partial charge in [-0.05, 0) is 56.4 Å². The van der Waals surface area contributed by atoms with Crippen LogP contribution in [0.2, 0.25) is 0 Å². The number of allylic oxidation sites excluding steroid dienone is 2. The normalized spacial score (nSPS) is 11.1. The minimum Gasteiger partial charge on any atom is -0.498 e. The van der Waals surface area contributed by atoms with Crippen LogP contribution in [-0.4, -0.2) is 17.3 Å². The van der Waals surface area contributed by atoms with Gasteiger partial charge < -0.3 is 10.1 Å². The van der Waals surface area contributed by atoms with E-state index < -0.39 is 0 Å². The van der Waals surface area contributed by atoms with Crippen LogP contribution >= 0.6 is 0 Å². The molecule has 3 aromatic rings. The fourth-order valence-corrected chi connectivity index (χ4v) is 3.28. The van der Waals surface area contributed by atoms with Crippen molar-refractivity contribution in [2.75, 3.05) is 6.61 Å². The van der Waals surface area contributed by atoms with E-state index in [0.29, 0.717) is 12.3 Å². The molecule has 0 amide bonds. The number of hydrogen-bond acceptors (Lipinski definition) is 3. The van der Waals surface area contributed by atoms with Crippen LogP contribution in [0.5, 0.6) is 0 Å². The number of hydrogen-bond donors (Lipinski definition) is 1. The van der Waals surface area contributed by atoms with E-state index in [2.05, 4.69) is 75.4 Å². The van der Waals surface area contributed by atoms with Crippen molar-refractivity contribution in [2.24, 2.45) is 0 Å². The van der Waals surface area contributed by atoms with Gasteiger partial charge in [0.05, 0.1) is 23.6 Å². The second-order valence-electron chi connectivity index (χ2n) is 8.04. The van der Waals surface area contributed by atoms with Crippen LogP contribution in [0.3, 0.4) is 0 Å². The van der Waals surface area contributed by atoms with E-state index in [4.69, 9.17) is 15.1 Å². The van der Waals surface area contributed by atoms with E-state index in [1.807, 2.05) is 33.8 Å². The third-order valence-corrected chi connectivity index (χ3v) is 5.21. The Labute approximate surface area is 195 Å². The quantitative estimate of drug-likeness (QED) is 0.313. The van der Waals surface area contributed by atoms with Gasteiger partial charge in [0.2, 0.25) is 0 Å². The van der Waals surface area contributed by atoms with Gasteiger partial charge in [-0.3, -0.25) is 0 Å². The Morgan fingerprint density at radius 2 is 1.56 bits per heavy atom. The second kappa shape index (κ2) is 13.5. The molecular weight excluding hydrogens is 392 g/mol. The molecule has 0 bridgehead atoms. The lowest BCUT2D eigenvalue weighted by molar-refractivity contribution is 0.232. The lowest BCUT2D eigenvalue weighted by atomic mass is 9.79. The van der Waals surface area contributed by atoms with Gasteiger partial charge in [-0.15, -0.1) is 0 Å². The predicted molar refractivity (Wildman–Crippen MR) is 141 cm³/mol. The molecule has 0 unspecified atom stereocenters. The Balaban J connectivity index is 0.000000396. The molecule has 0 aliphatic heterocycles. The van der Waals surface area contributed by atoms with Crippen LogP contribution in [-0.2, 0) is 10.2 Å². The van der Waals surface area contributed by atoms with Gasteiger partial charge >= 0.3 is 0 Å². The van der Waals surface area contributed by atoms with E-state index >= 15 is 0 Å². The minimum atomic E-state index is 0.157. The Hall–Kier alpha value is -2.94. The largest absolute Gasteiger partial charge is 0.498 e. The number of pyridine rings is 1. The highest BCUT2D eigenvalue weighted by molar-refractivity contribution is 5.90. The molecule has 3 heteroatoms. The number of nitrogens with one attached hydrogen (secondary N) is 1. The summed E-state index contributed by atoms with van der Waals surface area (Å²) in [5, 5.41) is 8.24. The molecule has 172 valence electrons. The van der Waals surface area contributed by atoms with Crippen LogP contribution in [0.4, 0.5) is 0 Å². The molecule has 0 saturated carbocycles. The lowest BCUT2D eigenvalue weighted by Gasteiger charge is -2.26. The zero-order valence-corrected chi connectivity index (χ0v) is 21.1. The number of aromatic nitrogens is 1. The average Bonchev–Trinajstić information content (AvgIpc) is 2.80. The molecule has 2 aromatic carbocycles. The van der Waals surface area contributed by atoms with E-state index in [1.54, 1.807) is 13.0 Å². The summed E-state index contributed by atoms with van der Waals surface area (Å²) < 4.78 is 5.07. The van der Waals surface area contributed by atoms with Crippen molar-refractivity contribution >= 4 is 16.6 Å². The maximum atomic E-state index is 7.05. The molecule has 1 heterocycles. The highest BCUT2D eigenvalue weighted by atomic mass is 16.5.